The van der Waals surface area contributed by atoms with Gasteiger partial charge in [0.05, 0.1) is 0 Å². The maximum atomic E-state index is 11.5. The summed E-state index contributed by atoms with van der Waals surface area (Å²) in [6, 6.07) is 0. The molecule has 16 heavy (non-hydrogen) atoms. The van der Waals surface area contributed by atoms with Crippen LogP contribution in [0.25, 0.3) is 0 Å². The van der Waals surface area contributed by atoms with Gasteiger partial charge in [0, 0.05) is 0 Å². The molecule has 0 atom stereocenters. The number of nitrogens with one attached hydrogen (secondary N) is 1. The fraction of sp³-hybridized carbons (Fsp3) is 0.700. The lowest BCUT2D eigenvalue weighted by Crippen LogP contribution is -2.44. The summed E-state index contributed by atoms with van der Waals surface area (Å²) >= 11 is 0. The van der Waals surface area contributed by atoms with Crippen LogP contribution in [0.2, 0.25) is 0 Å². The molecule has 0 aliphatic rings. The highest BCUT2D eigenvalue weighted by atomic mass is 16.6. The van der Waals surface area contributed by atoms with Gasteiger partial charge in [-0.2, -0.15) is 4.98 Å². The van der Waals surface area contributed by atoms with Gasteiger partial charge >= 0.3 is 6.09 Å². The minimum atomic E-state index is -0.751. The smallest absolute Gasteiger partial charge is 0.408 e. The number of rotatable bonds is 2. The van der Waals surface area contributed by atoms with Gasteiger partial charge in [0.25, 0.3) is 5.89 Å². The van der Waals surface area contributed by atoms with Gasteiger partial charge in [-0.15, -0.1) is 0 Å². The van der Waals surface area contributed by atoms with E-state index in [4.69, 9.17) is 9.26 Å². The number of hydrogen-bond donors (Lipinski definition) is 1. The van der Waals surface area contributed by atoms with Gasteiger partial charge in [-0.3, -0.25) is 0 Å². The summed E-state index contributed by atoms with van der Waals surface area (Å²) in [5.41, 5.74) is -1.28. The molecule has 0 aliphatic heterocycles. The van der Waals surface area contributed by atoms with E-state index in [1.54, 1.807) is 34.6 Å². The molecule has 6 heteroatoms. The highest BCUT2D eigenvalue weighted by Gasteiger charge is 2.30. The van der Waals surface area contributed by atoms with Crippen LogP contribution in [-0.2, 0) is 10.3 Å². The largest absolute Gasteiger partial charge is 0.444 e. The van der Waals surface area contributed by atoms with E-state index in [0.717, 1.165) is 0 Å². The SMILES string of the molecule is CC(C)(C)OC(=O)NC(C)(C)c1ncno1. The van der Waals surface area contributed by atoms with Crippen LogP contribution in [0.15, 0.2) is 10.9 Å². The first-order valence-electron chi connectivity index (χ1n) is 4.99. The second-order valence-electron chi connectivity index (χ2n) is 5.00. The van der Waals surface area contributed by atoms with E-state index in [9.17, 15) is 4.79 Å². The average Bonchev–Trinajstić information content (AvgIpc) is 2.49. The number of amides is 1. The van der Waals surface area contributed by atoms with Crippen molar-refractivity contribution in [3.63, 3.8) is 0 Å². The molecular formula is C10H17N3O3. The molecule has 1 amide bonds. The summed E-state index contributed by atoms with van der Waals surface area (Å²) in [5, 5.41) is 6.15. The Balaban J connectivity index is 2.64. The summed E-state index contributed by atoms with van der Waals surface area (Å²) in [5.74, 6) is 0.332. The van der Waals surface area contributed by atoms with Crippen LogP contribution in [0.3, 0.4) is 0 Å². The monoisotopic (exact) mass is 227 g/mol. The quantitative estimate of drug-likeness (QED) is 0.834. The molecule has 0 saturated heterocycles. The van der Waals surface area contributed by atoms with E-state index >= 15 is 0 Å². The van der Waals surface area contributed by atoms with Crippen molar-refractivity contribution >= 4 is 6.09 Å². The van der Waals surface area contributed by atoms with Gasteiger partial charge in [-0.05, 0) is 34.6 Å². The zero-order valence-electron chi connectivity index (χ0n) is 10.2. The number of nitrogens with zero attached hydrogens (tertiary/aromatic N) is 2. The number of carbonyl (C=O) groups is 1. The molecule has 0 aromatic carbocycles. The van der Waals surface area contributed by atoms with Crippen LogP contribution in [-0.4, -0.2) is 21.8 Å². The van der Waals surface area contributed by atoms with Gasteiger partial charge in [0.2, 0.25) is 0 Å². The number of carbonyl (C=O) groups excluding carboxylic acids is 1. The standard InChI is InChI=1S/C10H17N3O3/c1-9(2,3)15-8(14)13-10(4,5)7-11-6-12-16-7/h6H,1-5H3,(H,13,14). The van der Waals surface area contributed by atoms with Crippen molar-refractivity contribution < 1.29 is 14.1 Å². The first kappa shape index (κ1) is 12.5. The Labute approximate surface area is 94.4 Å². The number of alkyl carbamates (subject to hydrolysis) is 1. The predicted octanol–water partition coefficient (Wildman–Crippen LogP) is 1.83. The molecule has 90 valence electrons. The Morgan fingerprint density at radius 2 is 2.00 bits per heavy atom. The maximum absolute atomic E-state index is 11.5. The third kappa shape index (κ3) is 3.52. The molecular weight excluding hydrogens is 210 g/mol. The van der Waals surface area contributed by atoms with Crippen molar-refractivity contribution in [3.8, 4) is 0 Å². The van der Waals surface area contributed by atoms with E-state index in [1.807, 2.05) is 0 Å². The normalized spacial score (nSPS) is 12.3. The van der Waals surface area contributed by atoms with Gasteiger partial charge in [-0.25, -0.2) is 4.79 Å². The highest BCUT2D eigenvalue weighted by molar-refractivity contribution is 5.68. The summed E-state index contributed by atoms with van der Waals surface area (Å²) in [7, 11) is 0. The summed E-state index contributed by atoms with van der Waals surface area (Å²) in [4.78, 5) is 15.4. The number of ether oxygens (including phenoxy) is 1. The lowest BCUT2D eigenvalue weighted by molar-refractivity contribution is 0.0452. The third-order valence-corrected chi connectivity index (χ3v) is 1.71. The van der Waals surface area contributed by atoms with Gasteiger partial charge in [0.15, 0.2) is 6.33 Å². The Bertz CT molecular complexity index is 352. The second kappa shape index (κ2) is 4.11. The number of hydrogen-bond acceptors (Lipinski definition) is 5. The second-order valence-corrected chi connectivity index (χ2v) is 5.00. The molecule has 0 radical (unpaired) electrons. The molecule has 1 N–H and O–H groups in total. The van der Waals surface area contributed by atoms with Crippen molar-refractivity contribution in [2.75, 3.05) is 0 Å². The van der Waals surface area contributed by atoms with E-state index in [2.05, 4.69) is 15.5 Å². The zero-order valence-corrected chi connectivity index (χ0v) is 10.2. The van der Waals surface area contributed by atoms with Crippen LogP contribution in [0.5, 0.6) is 0 Å². The van der Waals surface area contributed by atoms with Crippen LogP contribution in [0.1, 0.15) is 40.5 Å². The topological polar surface area (TPSA) is 77.2 Å². The summed E-state index contributed by atoms with van der Waals surface area (Å²) < 4.78 is 10.0. The van der Waals surface area contributed by atoms with Crippen molar-refractivity contribution in [2.45, 2.75) is 45.8 Å². The van der Waals surface area contributed by atoms with E-state index in [1.165, 1.54) is 6.33 Å². The molecule has 1 aromatic rings. The van der Waals surface area contributed by atoms with Crippen LogP contribution < -0.4 is 5.32 Å². The molecule has 1 rings (SSSR count). The van der Waals surface area contributed by atoms with E-state index < -0.39 is 17.2 Å². The molecule has 0 spiro atoms. The third-order valence-electron chi connectivity index (χ3n) is 1.71. The zero-order chi connectivity index (χ0) is 12.4. The Morgan fingerprint density at radius 3 is 2.44 bits per heavy atom. The average molecular weight is 227 g/mol. The molecule has 0 bridgehead atoms. The fourth-order valence-corrected chi connectivity index (χ4v) is 1.06. The van der Waals surface area contributed by atoms with Crippen LogP contribution >= 0.6 is 0 Å². The van der Waals surface area contributed by atoms with Crippen molar-refractivity contribution in [2.24, 2.45) is 0 Å². The van der Waals surface area contributed by atoms with Gasteiger partial charge < -0.3 is 14.6 Å². The molecule has 0 unspecified atom stereocenters. The minimum absolute atomic E-state index is 0.332. The molecule has 1 heterocycles. The van der Waals surface area contributed by atoms with Crippen molar-refractivity contribution in [3.05, 3.63) is 12.2 Å². The Kier molecular flexibility index (Phi) is 3.21. The van der Waals surface area contributed by atoms with Crippen molar-refractivity contribution in [1.82, 2.24) is 15.5 Å². The van der Waals surface area contributed by atoms with E-state index in [0.29, 0.717) is 5.89 Å². The van der Waals surface area contributed by atoms with Gasteiger partial charge in [-0.1, -0.05) is 5.16 Å². The fourth-order valence-electron chi connectivity index (χ4n) is 1.06. The summed E-state index contributed by atoms with van der Waals surface area (Å²) in [6.45, 7) is 8.90. The Hall–Kier alpha value is -1.59. The van der Waals surface area contributed by atoms with Crippen molar-refractivity contribution in [1.29, 1.82) is 0 Å². The van der Waals surface area contributed by atoms with E-state index in [-0.39, 0.29) is 0 Å². The highest BCUT2D eigenvalue weighted by Crippen LogP contribution is 2.17. The first-order chi connectivity index (χ1) is 7.21. The maximum Gasteiger partial charge on any atom is 0.408 e. The molecule has 0 fully saturated rings. The predicted molar refractivity (Wildman–Crippen MR) is 56.7 cm³/mol. The summed E-state index contributed by atoms with van der Waals surface area (Å²) in [6.07, 6.45) is 0.768. The first-order valence-corrected chi connectivity index (χ1v) is 4.99. The molecule has 0 saturated carbocycles. The Morgan fingerprint density at radius 1 is 1.38 bits per heavy atom. The lowest BCUT2D eigenvalue weighted by Gasteiger charge is -2.25. The minimum Gasteiger partial charge on any atom is -0.444 e. The molecule has 1 aromatic heterocycles. The lowest BCUT2D eigenvalue weighted by atomic mass is 10.1. The van der Waals surface area contributed by atoms with Crippen LogP contribution in [0, 0.1) is 0 Å². The molecule has 0 aliphatic carbocycles. The van der Waals surface area contributed by atoms with Gasteiger partial charge in [0.1, 0.15) is 11.1 Å². The molecule has 6 nitrogen and oxygen atoms in total. The number of aromatic nitrogens is 2. The van der Waals surface area contributed by atoms with Crippen LogP contribution in [0.4, 0.5) is 4.79 Å².